The highest BCUT2D eigenvalue weighted by Crippen LogP contribution is 2.48. The predicted molar refractivity (Wildman–Crippen MR) is 123 cm³/mol. The van der Waals surface area contributed by atoms with E-state index in [4.69, 9.17) is 9.05 Å². The fourth-order valence-corrected chi connectivity index (χ4v) is 5.16. The Balaban J connectivity index is 1.71. The SMILES string of the molecule is BNPOC(=O)N[C@H]1CCN(CC2=C(C(=O)OPNB)N3C(=O)C([C@@H](C)O)[C@H]3[C@H]2C)C1. The molecule has 0 saturated carbocycles. The Morgan fingerprint density at radius 1 is 1.29 bits per heavy atom. The van der Waals surface area contributed by atoms with Crippen LogP contribution in [-0.4, -0.2) is 86.7 Å². The van der Waals surface area contributed by atoms with E-state index in [1.165, 1.54) is 4.90 Å². The summed E-state index contributed by atoms with van der Waals surface area (Å²) in [7, 11) is 3.08. The second-order valence-electron chi connectivity index (χ2n) is 7.98. The summed E-state index contributed by atoms with van der Waals surface area (Å²) < 4.78 is 10.3. The van der Waals surface area contributed by atoms with E-state index in [0.717, 1.165) is 18.5 Å². The zero-order valence-electron chi connectivity index (χ0n) is 18.1. The van der Waals surface area contributed by atoms with Gasteiger partial charge in [0.1, 0.15) is 23.6 Å². The van der Waals surface area contributed by atoms with E-state index in [0.29, 0.717) is 18.8 Å². The molecule has 0 aliphatic carbocycles. The van der Waals surface area contributed by atoms with Crippen molar-refractivity contribution in [2.24, 2.45) is 11.8 Å². The predicted octanol–water partition coefficient (Wildman–Crippen LogP) is -2.27. The van der Waals surface area contributed by atoms with Crippen molar-refractivity contribution in [3.8, 4) is 0 Å². The fraction of sp³-hybridized carbons (Fsp3) is 0.688. The van der Waals surface area contributed by atoms with Gasteiger partial charge in [0.2, 0.25) is 5.91 Å². The van der Waals surface area contributed by atoms with Crippen LogP contribution < -0.4 is 15.3 Å². The summed E-state index contributed by atoms with van der Waals surface area (Å²) in [5, 5.41) is 12.9. The lowest BCUT2D eigenvalue weighted by atomic mass is 9.77. The maximum atomic E-state index is 12.8. The highest BCUT2D eigenvalue weighted by molar-refractivity contribution is 7.32. The van der Waals surface area contributed by atoms with Crippen LogP contribution in [0.2, 0.25) is 0 Å². The molecular weight excluding hydrogens is 442 g/mol. The smallest absolute Gasteiger partial charge is 0.411 e. The lowest BCUT2D eigenvalue weighted by Crippen LogP contribution is -2.63. The number of amides is 2. The highest BCUT2D eigenvalue weighted by Gasteiger charge is 2.60. The molecule has 7 atom stereocenters. The normalized spacial score (nSPS) is 29.6. The highest BCUT2D eigenvalue weighted by atomic mass is 31.1. The van der Waals surface area contributed by atoms with Crippen LogP contribution in [-0.2, 0) is 18.6 Å². The summed E-state index contributed by atoms with van der Waals surface area (Å²) in [4.78, 5) is 46.5. The molecular formula is C16H29B2N5O6P2. The van der Waals surface area contributed by atoms with Crippen molar-refractivity contribution in [2.75, 3.05) is 19.6 Å². The molecule has 3 aliphatic rings. The summed E-state index contributed by atoms with van der Waals surface area (Å²) >= 11 is 0. The monoisotopic (exact) mass is 471 g/mol. The van der Waals surface area contributed by atoms with Crippen molar-refractivity contribution in [2.45, 2.75) is 38.5 Å². The summed E-state index contributed by atoms with van der Waals surface area (Å²) in [6.45, 7) is 5.45. The van der Waals surface area contributed by atoms with Crippen molar-refractivity contribution in [3.63, 3.8) is 0 Å². The number of rotatable bonds is 9. The van der Waals surface area contributed by atoms with Gasteiger partial charge in [-0.25, -0.2) is 9.59 Å². The Morgan fingerprint density at radius 2 is 1.97 bits per heavy atom. The van der Waals surface area contributed by atoms with E-state index in [9.17, 15) is 19.5 Å². The van der Waals surface area contributed by atoms with Crippen molar-refractivity contribution >= 4 is 51.8 Å². The second kappa shape index (κ2) is 10.6. The number of carbonyl (C=O) groups excluding carboxylic acids is 3. The number of hydrogen-bond donors (Lipinski definition) is 4. The number of carbonyl (C=O) groups is 3. The van der Waals surface area contributed by atoms with Gasteiger partial charge in [-0.3, -0.25) is 9.69 Å². The lowest BCUT2D eigenvalue weighted by Gasteiger charge is -2.46. The number of hydrogen-bond acceptors (Lipinski definition) is 9. The Kier molecular flexibility index (Phi) is 8.35. The molecule has 170 valence electrons. The van der Waals surface area contributed by atoms with E-state index < -0.39 is 24.1 Å². The Labute approximate surface area is 187 Å². The first-order valence-electron chi connectivity index (χ1n) is 10.3. The number of likely N-dealkylation sites (tertiary alicyclic amines) is 1. The minimum atomic E-state index is -0.781. The maximum absolute atomic E-state index is 12.8. The molecule has 0 radical (unpaired) electrons. The molecule has 3 rings (SSSR count). The number of aliphatic hydroxyl groups excluding tert-OH is 1. The number of nitrogens with one attached hydrogen (secondary N) is 3. The number of aliphatic hydroxyl groups is 1. The standard InChI is InChI=1S/C16H29B2N5O6P2/c1-7-10(6-22-4-3-9(5-22)19-16(27)29-31-21-18)13(15(26)28-30-20-17)23-12(7)11(8(2)24)14(23)25/h7-9,11-12,20-21,24,30-31H,3-6,17-18H2,1-2H3,(H,19,27)/t7-,8+,9-,11?,12+/m0/s1. The largest absolute Gasteiger partial charge is 0.428 e. The van der Waals surface area contributed by atoms with Crippen LogP contribution in [0.4, 0.5) is 4.79 Å². The molecule has 3 heterocycles. The summed E-state index contributed by atoms with van der Waals surface area (Å²) in [5.74, 6) is -1.36. The van der Waals surface area contributed by atoms with Crippen molar-refractivity contribution < 1.29 is 28.5 Å². The van der Waals surface area contributed by atoms with Crippen LogP contribution in [0.25, 0.3) is 0 Å². The molecule has 4 N–H and O–H groups in total. The number of β-lactam (4-membered cyclic amide) rings is 1. The summed E-state index contributed by atoms with van der Waals surface area (Å²) in [6.07, 6.45) is -0.473. The van der Waals surface area contributed by atoms with Crippen LogP contribution in [0.5, 0.6) is 0 Å². The van der Waals surface area contributed by atoms with E-state index in [1.807, 2.05) is 6.92 Å². The third-order valence-corrected chi connectivity index (χ3v) is 6.97. The van der Waals surface area contributed by atoms with E-state index in [2.05, 4.69) is 20.2 Å². The molecule has 2 fully saturated rings. The zero-order valence-corrected chi connectivity index (χ0v) is 20.1. The van der Waals surface area contributed by atoms with Crippen LogP contribution in [0.1, 0.15) is 20.3 Å². The van der Waals surface area contributed by atoms with Crippen LogP contribution in [0.3, 0.4) is 0 Å². The van der Waals surface area contributed by atoms with Gasteiger partial charge < -0.3 is 34.4 Å². The fourth-order valence-electron chi connectivity index (χ4n) is 4.62. The average Bonchev–Trinajstić information content (AvgIpc) is 3.25. The third-order valence-electron chi connectivity index (χ3n) is 5.99. The number of nitrogens with zero attached hydrogens (tertiary/aromatic N) is 2. The topological polar surface area (TPSA) is 132 Å². The van der Waals surface area contributed by atoms with E-state index >= 15 is 0 Å². The minimum absolute atomic E-state index is 0.0449. The van der Waals surface area contributed by atoms with Crippen LogP contribution in [0.15, 0.2) is 11.3 Å². The molecule has 0 spiro atoms. The molecule has 2 saturated heterocycles. The summed E-state index contributed by atoms with van der Waals surface area (Å²) in [6, 6.07) is -0.284. The number of fused-ring (bicyclic) bond motifs is 1. The lowest BCUT2D eigenvalue weighted by molar-refractivity contribution is -0.162. The van der Waals surface area contributed by atoms with Crippen molar-refractivity contribution in [1.82, 2.24) is 25.1 Å². The van der Waals surface area contributed by atoms with Gasteiger partial charge in [-0.15, -0.1) is 0 Å². The molecule has 3 aliphatic heterocycles. The van der Waals surface area contributed by atoms with Gasteiger partial charge in [-0.05, 0) is 18.9 Å². The molecule has 15 heteroatoms. The second-order valence-corrected chi connectivity index (χ2v) is 9.79. The molecule has 0 aromatic heterocycles. The van der Waals surface area contributed by atoms with Gasteiger partial charge in [0.05, 0.1) is 18.1 Å². The molecule has 0 bridgehead atoms. The first kappa shape index (κ1) is 24.4. The first-order valence-corrected chi connectivity index (χ1v) is 12.1. The Hall–Kier alpha value is -1.22. The van der Waals surface area contributed by atoms with Gasteiger partial charge in [0.15, 0.2) is 16.0 Å². The average molecular weight is 471 g/mol. The Morgan fingerprint density at radius 3 is 2.61 bits per heavy atom. The van der Waals surface area contributed by atoms with Crippen molar-refractivity contribution in [3.05, 3.63) is 11.3 Å². The molecule has 0 aromatic carbocycles. The van der Waals surface area contributed by atoms with Gasteiger partial charge in [-0.1, -0.05) is 6.92 Å². The van der Waals surface area contributed by atoms with E-state index in [-0.39, 0.29) is 41.8 Å². The van der Waals surface area contributed by atoms with Crippen LogP contribution >= 0.6 is 17.9 Å². The summed E-state index contributed by atoms with van der Waals surface area (Å²) in [5.41, 5.74) is 1.14. The third kappa shape index (κ3) is 5.07. The minimum Gasteiger partial charge on any atom is -0.428 e. The zero-order chi connectivity index (χ0) is 22.7. The Bertz CT molecular complexity index is 760. The molecule has 11 nitrogen and oxygen atoms in total. The van der Waals surface area contributed by atoms with Gasteiger partial charge in [-0.2, -0.15) is 0 Å². The van der Waals surface area contributed by atoms with E-state index in [1.54, 1.807) is 22.9 Å². The van der Waals surface area contributed by atoms with Crippen molar-refractivity contribution in [1.29, 1.82) is 0 Å². The first-order chi connectivity index (χ1) is 14.8. The molecule has 2 amide bonds. The maximum Gasteiger partial charge on any atom is 0.411 e. The van der Waals surface area contributed by atoms with Gasteiger partial charge in [0.25, 0.3) is 0 Å². The van der Waals surface area contributed by atoms with Crippen LogP contribution in [0, 0.1) is 11.8 Å². The molecule has 3 unspecified atom stereocenters. The quantitative estimate of drug-likeness (QED) is 0.167. The molecule has 0 aromatic rings. The van der Waals surface area contributed by atoms with Gasteiger partial charge in [0, 0.05) is 31.6 Å². The van der Waals surface area contributed by atoms with Gasteiger partial charge >= 0.3 is 12.1 Å². The molecule has 31 heavy (non-hydrogen) atoms.